The van der Waals surface area contributed by atoms with Crippen molar-refractivity contribution in [1.29, 1.82) is 0 Å². The summed E-state index contributed by atoms with van der Waals surface area (Å²) in [5.74, 6) is 0.614. The van der Waals surface area contributed by atoms with Crippen LogP contribution in [0.1, 0.15) is 18.4 Å². The van der Waals surface area contributed by atoms with Crippen LogP contribution in [0, 0.1) is 17.0 Å². The van der Waals surface area contributed by atoms with E-state index in [1.54, 1.807) is 25.1 Å². The Balaban J connectivity index is 1.68. The number of hydrogen-bond donors (Lipinski definition) is 1. The zero-order chi connectivity index (χ0) is 22.5. The van der Waals surface area contributed by atoms with Gasteiger partial charge >= 0.3 is 0 Å². The number of methoxy groups -OCH3 is 2. The molecule has 1 amide bonds. The average Bonchev–Trinajstić information content (AvgIpc) is 2.75. The van der Waals surface area contributed by atoms with Crippen molar-refractivity contribution >= 4 is 28.2 Å². The Morgan fingerprint density at radius 1 is 1.19 bits per heavy atom. The van der Waals surface area contributed by atoms with Gasteiger partial charge in [0.15, 0.2) is 11.5 Å². The number of fused-ring (bicyclic) bond motifs is 1. The molecule has 1 N–H and O–H groups in total. The highest BCUT2D eigenvalue weighted by atomic mass is 16.6. The molecule has 162 valence electrons. The van der Waals surface area contributed by atoms with Gasteiger partial charge in [0.2, 0.25) is 5.91 Å². The van der Waals surface area contributed by atoms with Gasteiger partial charge in [0.05, 0.1) is 42.1 Å². The fraction of sp³-hybridized carbons (Fsp3) is 0.286. The number of ether oxygens (including phenoxy) is 2. The van der Waals surface area contributed by atoms with Crippen LogP contribution >= 0.6 is 0 Å². The van der Waals surface area contributed by atoms with Gasteiger partial charge < -0.3 is 14.8 Å². The molecule has 0 aliphatic carbocycles. The molecule has 31 heavy (non-hydrogen) atoms. The second kappa shape index (κ2) is 9.24. The molecule has 0 bridgehead atoms. The highest BCUT2D eigenvalue weighted by Crippen LogP contribution is 2.29. The number of anilines is 1. The molecule has 0 spiro atoms. The summed E-state index contributed by atoms with van der Waals surface area (Å²) >= 11 is 0. The number of non-ortho nitro benzene ring substituents is 1. The van der Waals surface area contributed by atoms with Crippen LogP contribution in [0.3, 0.4) is 0 Å². The third-order valence-corrected chi connectivity index (χ3v) is 4.84. The molecule has 0 aliphatic heterocycles. The standard InChI is InChI=1S/C21H22N4O6/c1-13-6-7-14(25(28)29)9-16(13)23-20(26)5-4-8-24-12-22-17-11-19(31-3)18(30-2)10-15(17)21(24)27/h6-7,9-12H,4-5,8H2,1-3H3,(H,23,26). The Labute approximate surface area is 177 Å². The SMILES string of the molecule is COc1cc2ncn(CCCC(=O)Nc3cc([N+](=O)[O-])ccc3C)c(=O)c2cc1OC. The molecule has 2 aromatic carbocycles. The Morgan fingerprint density at radius 2 is 1.90 bits per heavy atom. The minimum absolute atomic E-state index is 0.0956. The van der Waals surface area contributed by atoms with E-state index >= 15 is 0 Å². The van der Waals surface area contributed by atoms with Gasteiger partial charge in [0.1, 0.15) is 0 Å². The van der Waals surface area contributed by atoms with Crippen LogP contribution < -0.4 is 20.3 Å². The topological polar surface area (TPSA) is 126 Å². The highest BCUT2D eigenvalue weighted by molar-refractivity contribution is 5.91. The first-order valence-corrected chi connectivity index (χ1v) is 9.50. The summed E-state index contributed by atoms with van der Waals surface area (Å²) < 4.78 is 11.9. The highest BCUT2D eigenvalue weighted by Gasteiger charge is 2.13. The zero-order valence-electron chi connectivity index (χ0n) is 17.4. The van der Waals surface area contributed by atoms with Crippen molar-refractivity contribution < 1.29 is 19.2 Å². The first kappa shape index (κ1) is 21.8. The summed E-state index contributed by atoms with van der Waals surface area (Å²) in [6.45, 7) is 2.04. The van der Waals surface area contributed by atoms with Gasteiger partial charge in [-0.3, -0.25) is 24.3 Å². The van der Waals surface area contributed by atoms with Crippen LogP contribution in [0.2, 0.25) is 0 Å². The van der Waals surface area contributed by atoms with Gasteiger partial charge in [-0.2, -0.15) is 0 Å². The van der Waals surface area contributed by atoms with Crippen molar-refractivity contribution in [3.05, 3.63) is 62.7 Å². The van der Waals surface area contributed by atoms with Crippen molar-refractivity contribution in [1.82, 2.24) is 9.55 Å². The average molecular weight is 426 g/mol. The molecule has 3 rings (SSSR count). The number of carbonyl (C=O) groups excluding carboxylic acids is 1. The number of amides is 1. The first-order chi connectivity index (χ1) is 14.8. The number of hydrogen-bond acceptors (Lipinski definition) is 7. The van der Waals surface area contributed by atoms with Gasteiger partial charge in [0.25, 0.3) is 11.2 Å². The Kier molecular flexibility index (Phi) is 6.49. The summed E-state index contributed by atoms with van der Waals surface area (Å²) in [4.78, 5) is 39.7. The normalized spacial score (nSPS) is 10.7. The van der Waals surface area contributed by atoms with Crippen LogP contribution in [0.4, 0.5) is 11.4 Å². The number of aryl methyl sites for hydroxylation is 2. The third-order valence-electron chi connectivity index (χ3n) is 4.84. The lowest BCUT2D eigenvalue weighted by Gasteiger charge is -2.11. The molecule has 10 nitrogen and oxygen atoms in total. The largest absolute Gasteiger partial charge is 0.493 e. The molecule has 0 saturated heterocycles. The van der Waals surface area contributed by atoms with E-state index in [-0.39, 0.29) is 30.1 Å². The molecule has 0 radical (unpaired) electrons. The predicted molar refractivity (Wildman–Crippen MR) is 115 cm³/mol. The minimum Gasteiger partial charge on any atom is -0.493 e. The van der Waals surface area contributed by atoms with Gasteiger partial charge in [-0.05, 0) is 25.0 Å². The Morgan fingerprint density at radius 3 is 2.58 bits per heavy atom. The van der Waals surface area contributed by atoms with Gasteiger partial charge in [-0.1, -0.05) is 6.07 Å². The van der Waals surface area contributed by atoms with Crippen LogP contribution in [0.5, 0.6) is 11.5 Å². The van der Waals surface area contributed by atoms with E-state index in [1.807, 2.05) is 0 Å². The second-order valence-electron chi connectivity index (χ2n) is 6.88. The number of nitro groups is 1. The minimum atomic E-state index is -0.515. The molecule has 0 saturated carbocycles. The first-order valence-electron chi connectivity index (χ1n) is 9.50. The number of nitrogens with one attached hydrogen (secondary N) is 1. The molecular weight excluding hydrogens is 404 g/mol. The lowest BCUT2D eigenvalue weighted by molar-refractivity contribution is -0.384. The number of nitrogens with zero attached hydrogens (tertiary/aromatic N) is 3. The van der Waals surface area contributed by atoms with E-state index in [0.29, 0.717) is 34.5 Å². The van der Waals surface area contributed by atoms with Crippen LogP contribution in [0.25, 0.3) is 10.9 Å². The van der Waals surface area contributed by atoms with Crippen molar-refractivity contribution in [3.8, 4) is 11.5 Å². The second-order valence-corrected chi connectivity index (χ2v) is 6.88. The van der Waals surface area contributed by atoms with Crippen LogP contribution in [0.15, 0.2) is 41.5 Å². The van der Waals surface area contributed by atoms with E-state index in [0.717, 1.165) is 5.56 Å². The van der Waals surface area contributed by atoms with E-state index in [9.17, 15) is 19.7 Å². The molecule has 0 aliphatic rings. The van der Waals surface area contributed by atoms with Crippen molar-refractivity contribution in [3.63, 3.8) is 0 Å². The quantitative estimate of drug-likeness (QED) is 0.433. The summed E-state index contributed by atoms with van der Waals surface area (Å²) in [7, 11) is 2.99. The number of benzene rings is 2. The van der Waals surface area contributed by atoms with E-state index < -0.39 is 4.92 Å². The summed E-state index contributed by atoms with van der Waals surface area (Å²) in [6, 6.07) is 7.51. The van der Waals surface area contributed by atoms with Gasteiger partial charge in [-0.25, -0.2) is 4.98 Å². The van der Waals surface area contributed by atoms with Crippen molar-refractivity contribution in [2.24, 2.45) is 0 Å². The lowest BCUT2D eigenvalue weighted by Crippen LogP contribution is -2.22. The molecule has 0 unspecified atom stereocenters. The van der Waals surface area contributed by atoms with Crippen LogP contribution in [-0.4, -0.2) is 34.6 Å². The lowest BCUT2D eigenvalue weighted by atomic mass is 10.1. The number of nitro benzene ring substituents is 1. The summed E-state index contributed by atoms with van der Waals surface area (Å²) in [5, 5.41) is 14.0. The van der Waals surface area contributed by atoms with E-state index in [2.05, 4.69) is 10.3 Å². The van der Waals surface area contributed by atoms with E-state index in [1.165, 1.54) is 37.2 Å². The molecule has 3 aromatic rings. The van der Waals surface area contributed by atoms with Crippen molar-refractivity contribution in [2.45, 2.75) is 26.3 Å². The zero-order valence-corrected chi connectivity index (χ0v) is 17.4. The number of aromatic nitrogens is 2. The number of carbonyl (C=O) groups is 1. The molecular formula is C21H22N4O6. The van der Waals surface area contributed by atoms with E-state index in [4.69, 9.17) is 9.47 Å². The smallest absolute Gasteiger partial charge is 0.271 e. The Hall–Kier alpha value is -3.95. The maximum absolute atomic E-state index is 12.8. The summed E-state index contributed by atoms with van der Waals surface area (Å²) in [6.07, 6.45) is 1.96. The van der Waals surface area contributed by atoms with Crippen LogP contribution in [-0.2, 0) is 11.3 Å². The molecule has 1 heterocycles. The monoisotopic (exact) mass is 426 g/mol. The fourth-order valence-corrected chi connectivity index (χ4v) is 3.13. The molecule has 1 aromatic heterocycles. The summed E-state index contributed by atoms with van der Waals surface area (Å²) in [5.41, 5.74) is 1.25. The predicted octanol–water partition coefficient (Wildman–Crippen LogP) is 3.05. The fourth-order valence-electron chi connectivity index (χ4n) is 3.13. The number of rotatable bonds is 8. The molecule has 10 heteroatoms. The maximum Gasteiger partial charge on any atom is 0.271 e. The van der Waals surface area contributed by atoms with Gasteiger partial charge in [-0.15, -0.1) is 0 Å². The molecule has 0 fully saturated rings. The third kappa shape index (κ3) is 4.80. The molecule has 0 atom stereocenters. The van der Waals surface area contributed by atoms with Crippen molar-refractivity contribution in [2.75, 3.05) is 19.5 Å². The van der Waals surface area contributed by atoms with Gasteiger partial charge in [0, 0.05) is 31.2 Å². The Bertz CT molecular complexity index is 1200. The maximum atomic E-state index is 12.8.